The summed E-state index contributed by atoms with van der Waals surface area (Å²) in [5, 5.41) is 15.7. The zero-order valence-corrected chi connectivity index (χ0v) is 9.66. The lowest BCUT2D eigenvalue weighted by atomic mass is 9.93. The molecule has 1 aromatic rings. The molecule has 17 heavy (non-hydrogen) atoms. The molecular weight excluding hydrogens is 214 g/mol. The van der Waals surface area contributed by atoms with Gasteiger partial charge in [0.2, 0.25) is 5.82 Å². The predicted octanol–water partition coefficient (Wildman–Crippen LogP) is 0.958. The van der Waals surface area contributed by atoms with Crippen molar-refractivity contribution in [1.29, 1.82) is 5.26 Å². The van der Waals surface area contributed by atoms with Crippen LogP contribution in [0.2, 0.25) is 0 Å². The normalized spacial score (nSPS) is 19.0. The van der Waals surface area contributed by atoms with Gasteiger partial charge in [0.1, 0.15) is 11.9 Å². The fourth-order valence-electron chi connectivity index (χ4n) is 2.26. The van der Waals surface area contributed by atoms with Gasteiger partial charge in [0.25, 0.3) is 0 Å². The summed E-state index contributed by atoms with van der Waals surface area (Å²) in [5.74, 6) is 1.15. The number of fused-ring (bicyclic) bond motifs is 1. The van der Waals surface area contributed by atoms with Crippen LogP contribution in [0.4, 0.5) is 5.82 Å². The maximum atomic E-state index is 8.95. The summed E-state index contributed by atoms with van der Waals surface area (Å²) in [4.78, 5) is 8.59. The topological polar surface area (TPSA) is 73.6 Å². The summed E-state index contributed by atoms with van der Waals surface area (Å²) in [6, 6.07) is 2.57. The fourth-order valence-corrected chi connectivity index (χ4v) is 2.26. The van der Waals surface area contributed by atoms with E-state index in [0.29, 0.717) is 6.04 Å². The molecule has 0 bridgehead atoms. The Morgan fingerprint density at radius 3 is 2.94 bits per heavy atom. The summed E-state index contributed by atoms with van der Waals surface area (Å²) in [6.45, 7) is 1.73. The van der Waals surface area contributed by atoms with Gasteiger partial charge in [-0.1, -0.05) is 0 Å². The van der Waals surface area contributed by atoms with E-state index in [0.717, 1.165) is 36.6 Å². The number of nitrogens with one attached hydrogen (secondary N) is 2. The minimum Gasteiger partial charge on any atom is -0.367 e. The highest BCUT2D eigenvalue weighted by atomic mass is 15.1. The molecule has 1 fully saturated rings. The van der Waals surface area contributed by atoms with E-state index < -0.39 is 0 Å². The van der Waals surface area contributed by atoms with E-state index in [4.69, 9.17) is 5.26 Å². The van der Waals surface area contributed by atoms with Crippen molar-refractivity contribution in [2.75, 3.05) is 11.9 Å². The van der Waals surface area contributed by atoms with Gasteiger partial charge in [-0.25, -0.2) is 9.97 Å². The zero-order valence-electron chi connectivity index (χ0n) is 9.66. The smallest absolute Gasteiger partial charge is 0.234 e. The molecule has 1 aliphatic carbocycles. The van der Waals surface area contributed by atoms with Crippen LogP contribution in [0.25, 0.3) is 0 Å². The van der Waals surface area contributed by atoms with Crippen LogP contribution in [-0.4, -0.2) is 22.6 Å². The Balaban J connectivity index is 1.95. The summed E-state index contributed by atoms with van der Waals surface area (Å²) in [5.41, 5.74) is 2.17. The lowest BCUT2D eigenvalue weighted by Crippen LogP contribution is -2.31. The second-order valence-corrected chi connectivity index (χ2v) is 4.63. The molecule has 5 heteroatoms. The molecule has 2 N–H and O–H groups in total. The summed E-state index contributed by atoms with van der Waals surface area (Å²) >= 11 is 0. The Hall–Kier alpha value is -1.67. The van der Waals surface area contributed by atoms with Crippen LogP contribution in [0.15, 0.2) is 0 Å². The monoisotopic (exact) mass is 229 g/mol. The molecule has 3 rings (SSSR count). The number of rotatable bonds is 2. The minimum atomic E-state index is 0.285. The van der Waals surface area contributed by atoms with Gasteiger partial charge in [-0.2, -0.15) is 5.26 Å². The molecule has 5 nitrogen and oxygen atoms in total. The lowest BCUT2D eigenvalue weighted by molar-refractivity contribution is 0.443. The van der Waals surface area contributed by atoms with Gasteiger partial charge >= 0.3 is 0 Å². The van der Waals surface area contributed by atoms with Gasteiger partial charge in [0.15, 0.2) is 0 Å². The zero-order chi connectivity index (χ0) is 11.7. The first kappa shape index (κ1) is 10.5. The highest BCUT2D eigenvalue weighted by Gasteiger charge is 2.22. The van der Waals surface area contributed by atoms with E-state index >= 15 is 0 Å². The molecule has 0 unspecified atom stereocenters. The summed E-state index contributed by atoms with van der Waals surface area (Å²) in [6.07, 6.45) is 4.57. The molecule has 0 spiro atoms. The highest BCUT2D eigenvalue weighted by Crippen LogP contribution is 2.26. The molecule has 1 aliphatic heterocycles. The van der Waals surface area contributed by atoms with Crippen molar-refractivity contribution in [3.63, 3.8) is 0 Å². The van der Waals surface area contributed by atoms with Crippen LogP contribution in [-0.2, 0) is 13.0 Å². The minimum absolute atomic E-state index is 0.285. The molecule has 2 aliphatic rings. The predicted molar refractivity (Wildman–Crippen MR) is 63.4 cm³/mol. The largest absolute Gasteiger partial charge is 0.367 e. The summed E-state index contributed by atoms with van der Waals surface area (Å²) in [7, 11) is 0. The Morgan fingerprint density at radius 2 is 2.24 bits per heavy atom. The summed E-state index contributed by atoms with van der Waals surface area (Å²) < 4.78 is 0. The first-order valence-electron chi connectivity index (χ1n) is 6.14. The quantitative estimate of drug-likeness (QED) is 0.790. The van der Waals surface area contributed by atoms with Gasteiger partial charge in [0, 0.05) is 31.1 Å². The van der Waals surface area contributed by atoms with E-state index in [2.05, 4.69) is 20.6 Å². The average Bonchev–Trinajstić information content (AvgIpc) is 2.33. The molecule has 88 valence electrons. The van der Waals surface area contributed by atoms with E-state index in [1.54, 1.807) is 0 Å². The number of anilines is 1. The van der Waals surface area contributed by atoms with Crippen molar-refractivity contribution in [1.82, 2.24) is 15.3 Å². The Labute approximate surface area is 100 Å². The Bertz CT molecular complexity index is 473. The molecule has 0 radical (unpaired) electrons. The average molecular weight is 229 g/mol. The highest BCUT2D eigenvalue weighted by molar-refractivity contribution is 5.49. The van der Waals surface area contributed by atoms with Crippen molar-refractivity contribution >= 4 is 5.82 Å². The standard InChI is InChI=1S/C12H15N5/c13-6-11-16-10-4-5-14-7-9(10)12(17-11)15-8-2-1-3-8/h8,14H,1-5,7H2,(H,15,16,17). The first-order chi connectivity index (χ1) is 8.36. The van der Waals surface area contributed by atoms with Crippen LogP contribution in [0.5, 0.6) is 0 Å². The maximum absolute atomic E-state index is 8.95. The SMILES string of the molecule is N#Cc1nc2c(c(NC3CCC3)n1)CNCC2. The third-order valence-electron chi connectivity index (χ3n) is 3.48. The van der Waals surface area contributed by atoms with Gasteiger partial charge in [-0.05, 0) is 19.3 Å². The number of hydrogen-bond donors (Lipinski definition) is 2. The van der Waals surface area contributed by atoms with E-state index in [1.807, 2.05) is 6.07 Å². The molecule has 2 heterocycles. The van der Waals surface area contributed by atoms with Crippen LogP contribution in [0, 0.1) is 11.3 Å². The molecular formula is C12H15N5. The van der Waals surface area contributed by atoms with E-state index in [9.17, 15) is 0 Å². The number of nitrogens with zero attached hydrogens (tertiary/aromatic N) is 3. The van der Waals surface area contributed by atoms with Gasteiger partial charge in [0.05, 0.1) is 5.69 Å². The van der Waals surface area contributed by atoms with Crippen molar-refractivity contribution in [2.45, 2.75) is 38.3 Å². The number of aromatic nitrogens is 2. The van der Waals surface area contributed by atoms with Gasteiger partial charge in [-0.3, -0.25) is 0 Å². The van der Waals surface area contributed by atoms with Crippen molar-refractivity contribution in [3.8, 4) is 6.07 Å². The fraction of sp³-hybridized carbons (Fsp3) is 0.583. The third-order valence-corrected chi connectivity index (χ3v) is 3.48. The molecule has 0 aromatic carbocycles. The van der Waals surface area contributed by atoms with Crippen molar-refractivity contribution < 1.29 is 0 Å². The van der Waals surface area contributed by atoms with Gasteiger partial charge in [-0.15, -0.1) is 0 Å². The van der Waals surface area contributed by atoms with Crippen LogP contribution in [0.1, 0.15) is 36.3 Å². The van der Waals surface area contributed by atoms with E-state index in [-0.39, 0.29) is 5.82 Å². The molecule has 1 aromatic heterocycles. The van der Waals surface area contributed by atoms with Crippen LogP contribution in [0.3, 0.4) is 0 Å². The van der Waals surface area contributed by atoms with Gasteiger partial charge < -0.3 is 10.6 Å². The lowest BCUT2D eigenvalue weighted by Gasteiger charge is -2.29. The molecule has 1 saturated carbocycles. The first-order valence-corrected chi connectivity index (χ1v) is 6.14. The second kappa shape index (κ2) is 4.30. The van der Waals surface area contributed by atoms with E-state index in [1.165, 1.54) is 19.3 Å². The maximum Gasteiger partial charge on any atom is 0.234 e. The Morgan fingerprint density at radius 1 is 1.35 bits per heavy atom. The molecule has 0 atom stereocenters. The Kier molecular flexibility index (Phi) is 2.65. The van der Waals surface area contributed by atoms with Crippen molar-refractivity contribution in [3.05, 3.63) is 17.1 Å². The number of nitriles is 1. The molecule has 0 amide bonds. The second-order valence-electron chi connectivity index (χ2n) is 4.63. The number of hydrogen-bond acceptors (Lipinski definition) is 5. The van der Waals surface area contributed by atoms with Crippen LogP contribution >= 0.6 is 0 Å². The molecule has 0 saturated heterocycles. The van der Waals surface area contributed by atoms with Crippen LogP contribution < -0.4 is 10.6 Å². The van der Waals surface area contributed by atoms with Crippen molar-refractivity contribution in [2.24, 2.45) is 0 Å². The third kappa shape index (κ3) is 1.96.